The van der Waals surface area contributed by atoms with Gasteiger partial charge < -0.3 is 14.8 Å². The van der Waals surface area contributed by atoms with Crippen molar-refractivity contribution in [3.63, 3.8) is 0 Å². The van der Waals surface area contributed by atoms with E-state index in [0.717, 1.165) is 11.1 Å². The lowest BCUT2D eigenvalue weighted by molar-refractivity contribution is -0.113. The van der Waals surface area contributed by atoms with Gasteiger partial charge in [0, 0.05) is 17.3 Å². The van der Waals surface area contributed by atoms with Gasteiger partial charge in [-0.05, 0) is 43.2 Å². The van der Waals surface area contributed by atoms with Crippen molar-refractivity contribution < 1.29 is 27.5 Å². The minimum atomic E-state index is -3.92. The maximum atomic E-state index is 12.3. The topological polar surface area (TPSA) is 98.8 Å². The highest BCUT2D eigenvalue weighted by Crippen LogP contribution is 2.29. The maximum Gasteiger partial charge on any atom is 0.239 e. The van der Waals surface area contributed by atoms with Crippen LogP contribution in [0.2, 0.25) is 0 Å². The van der Waals surface area contributed by atoms with Crippen LogP contribution in [-0.2, 0) is 14.6 Å². The van der Waals surface area contributed by atoms with Crippen LogP contribution in [0.5, 0.6) is 11.5 Å². The molecule has 0 unspecified atom stereocenters. The number of ether oxygens (including phenoxy) is 2. The first-order valence-corrected chi connectivity index (χ1v) is 10.3. The molecular formula is C20H23NO6S. The summed E-state index contributed by atoms with van der Waals surface area (Å²) in [7, 11) is -0.985. The molecule has 2 rings (SSSR count). The molecular weight excluding hydrogens is 382 g/mol. The highest BCUT2D eigenvalue weighted by atomic mass is 32.2. The van der Waals surface area contributed by atoms with Crippen molar-refractivity contribution in [2.24, 2.45) is 0 Å². The molecule has 2 aromatic carbocycles. The molecule has 0 bridgehead atoms. The fourth-order valence-corrected chi connectivity index (χ4v) is 3.70. The molecule has 8 heteroatoms. The third-order valence-electron chi connectivity index (χ3n) is 4.20. The Hall–Kier alpha value is -2.87. The zero-order valence-electron chi connectivity index (χ0n) is 16.2. The van der Waals surface area contributed by atoms with E-state index in [9.17, 15) is 18.0 Å². The first kappa shape index (κ1) is 21.4. The standard InChI is InChI=1S/C20H23NO6S/c1-13-5-6-15(9-14(13)2)17(22)11-28(24,25)12-20(23)21-16-7-8-18(26-3)19(10-16)27-4/h5-10H,11-12H2,1-4H3,(H,21,23). The SMILES string of the molecule is COc1ccc(NC(=O)CS(=O)(=O)CC(=O)c2ccc(C)c(C)c2)cc1OC. The van der Waals surface area contributed by atoms with Gasteiger partial charge in [0.05, 0.1) is 14.2 Å². The number of anilines is 1. The Balaban J connectivity index is 2.04. The number of aryl methyl sites for hydroxylation is 2. The van der Waals surface area contributed by atoms with E-state index in [-0.39, 0.29) is 0 Å². The van der Waals surface area contributed by atoms with Gasteiger partial charge in [-0.1, -0.05) is 12.1 Å². The Bertz CT molecular complexity index is 998. The van der Waals surface area contributed by atoms with Crippen LogP contribution in [0, 0.1) is 13.8 Å². The predicted molar refractivity (Wildman–Crippen MR) is 107 cm³/mol. The fraction of sp³-hybridized carbons (Fsp3) is 0.300. The van der Waals surface area contributed by atoms with Crippen molar-refractivity contribution in [2.75, 3.05) is 31.0 Å². The summed E-state index contributed by atoms with van der Waals surface area (Å²) in [5, 5.41) is 2.49. The molecule has 0 saturated heterocycles. The molecule has 7 nitrogen and oxygen atoms in total. The Morgan fingerprint density at radius 1 is 0.893 bits per heavy atom. The Morgan fingerprint density at radius 2 is 1.57 bits per heavy atom. The highest BCUT2D eigenvalue weighted by molar-refractivity contribution is 7.92. The fourth-order valence-electron chi connectivity index (χ4n) is 2.56. The van der Waals surface area contributed by atoms with Gasteiger partial charge in [-0.15, -0.1) is 0 Å². The normalized spacial score (nSPS) is 11.0. The number of methoxy groups -OCH3 is 2. The summed E-state index contributed by atoms with van der Waals surface area (Å²) in [5.41, 5.74) is 2.58. The quantitative estimate of drug-likeness (QED) is 0.678. The number of Topliss-reactive ketones (excluding diaryl/α,β-unsaturated/α-hetero) is 1. The molecule has 0 aliphatic heterocycles. The van der Waals surface area contributed by atoms with Crippen LogP contribution in [-0.4, -0.2) is 45.8 Å². The number of hydrogen-bond acceptors (Lipinski definition) is 6. The summed E-state index contributed by atoms with van der Waals surface area (Å²) >= 11 is 0. The van der Waals surface area contributed by atoms with Gasteiger partial charge >= 0.3 is 0 Å². The average Bonchev–Trinajstić information content (AvgIpc) is 2.62. The number of sulfone groups is 1. The summed E-state index contributed by atoms with van der Waals surface area (Å²) < 4.78 is 34.8. The zero-order valence-corrected chi connectivity index (χ0v) is 17.1. The van der Waals surface area contributed by atoms with E-state index in [0.29, 0.717) is 22.7 Å². The third kappa shape index (κ3) is 5.56. The predicted octanol–water partition coefficient (Wildman–Crippen LogP) is 2.56. The van der Waals surface area contributed by atoms with Gasteiger partial charge in [0.15, 0.2) is 27.1 Å². The number of ketones is 1. The third-order valence-corrected chi connectivity index (χ3v) is 5.60. The van der Waals surface area contributed by atoms with E-state index in [4.69, 9.17) is 9.47 Å². The molecule has 0 aromatic heterocycles. The Kier molecular flexibility index (Phi) is 6.80. The van der Waals surface area contributed by atoms with E-state index in [1.54, 1.807) is 30.3 Å². The smallest absolute Gasteiger partial charge is 0.239 e. The van der Waals surface area contributed by atoms with Crippen molar-refractivity contribution in [3.8, 4) is 11.5 Å². The molecule has 0 aliphatic carbocycles. The molecule has 0 saturated carbocycles. The van der Waals surface area contributed by atoms with Crippen molar-refractivity contribution in [2.45, 2.75) is 13.8 Å². The molecule has 0 radical (unpaired) electrons. The summed E-state index contributed by atoms with van der Waals surface area (Å²) in [5.74, 6) is -1.92. The number of carbonyl (C=O) groups excluding carboxylic acids is 2. The van der Waals surface area contributed by atoms with Crippen LogP contribution in [0.4, 0.5) is 5.69 Å². The number of nitrogens with one attached hydrogen (secondary N) is 1. The molecule has 0 fully saturated rings. The number of rotatable bonds is 8. The lowest BCUT2D eigenvalue weighted by atomic mass is 10.0. The van der Waals surface area contributed by atoms with Crippen molar-refractivity contribution in [1.82, 2.24) is 0 Å². The van der Waals surface area contributed by atoms with E-state index in [2.05, 4.69) is 5.32 Å². The molecule has 0 atom stereocenters. The van der Waals surface area contributed by atoms with Crippen LogP contribution in [0.3, 0.4) is 0 Å². The average molecular weight is 405 g/mol. The van der Waals surface area contributed by atoms with Crippen LogP contribution >= 0.6 is 0 Å². The molecule has 0 spiro atoms. The molecule has 1 N–H and O–H groups in total. The number of carbonyl (C=O) groups is 2. The maximum absolute atomic E-state index is 12.3. The van der Waals surface area contributed by atoms with Gasteiger partial charge in [0.25, 0.3) is 0 Å². The van der Waals surface area contributed by atoms with E-state index in [1.165, 1.54) is 20.3 Å². The van der Waals surface area contributed by atoms with Crippen LogP contribution in [0.1, 0.15) is 21.5 Å². The van der Waals surface area contributed by atoms with Gasteiger partial charge in [-0.25, -0.2) is 8.42 Å². The largest absolute Gasteiger partial charge is 0.493 e. The molecule has 2 aromatic rings. The first-order chi connectivity index (χ1) is 13.1. The second kappa shape index (κ2) is 8.88. The van der Waals surface area contributed by atoms with Gasteiger partial charge in [-0.3, -0.25) is 9.59 Å². The van der Waals surface area contributed by atoms with Gasteiger partial charge in [-0.2, -0.15) is 0 Å². The van der Waals surface area contributed by atoms with E-state index < -0.39 is 33.0 Å². The van der Waals surface area contributed by atoms with Crippen molar-refractivity contribution in [3.05, 3.63) is 53.1 Å². The van der Waals surface area contributed by atoms with Gasteiger partial charge in [0.2, 0.25) is 5.91 Å². The van der Waals surface area contributed by atoms with Crippen LogP contribution in [0.25, 0.3) is 0 Å². The summed E-state index contributed by atoms with van der Waals surface area (Å²) in [6.45, 7) is 3.75. The molecule has 0 aliphatic rings. The monoisotopic (exact) mass is 405 g/mol. The summed E-state index contributed by atoms with van der Waals surface area (Å²) in [6, 6.07) is 9.67. The van der Waals surface area contributed by atoms with E-state index >= 15 is 0 Å². The van der Waals surface area contributed by atoms with Gasteiger partial charge in [0.1, 0.15) is 11.5 Å². The van der Waals surface area contributed by atoms with Crippen LogP contribution in [0.15, 0.2) is 36.4 Å². The minimum Gasteiger partial charge on any atom is -0.493 e. The molecule has 0 heterocycles. The first-order valence-electron chi connectivity index (χ1n) is 8.48. The van der Waals surface area contributed by atoms with Crippen molar-refractivity contribution >= 4 is 27.2 Å². The molecule has 1 amide bonds. The molecule has 150 valence electrons. The number of benzene rings is 2. The van der Waals surface area contributed by atoms with Crippen LogP contribution < -0.4 is 14.8 Å². The minimum absolute atomic E-state index is 0.312. The van der Waals surface area contributed by atoms with E-state index in [1.807, 2.05) is 13.8 Å². The Labute approximate surface area is 164 Å². The van der Waals surface area contributed by atoms with Crippen molar-refractivity contribution in [1.29, 1.82) is 0 Å². The zero-order chi connectivity index (χ0) is 20.9. The lowest BCUT2D eigenvalue weighted by Crippen LogP contribution is -2.27. The molecule has 28 heavy (non-hydrogen) atoms. The Morgan fingerprint density at radius 3 is 2.18 bits per heavy atom. The second-order valence-corrected chi connectivity index (χ2v) is 8.44. The second-order valence-electron chi connectivity index (χ2n) is 6.37. The summed E-state index contributed by atoms with van der Waals surface area (Å²) in [6.07, 6.45) is 0. The highest BCUT2D eigenvalue weighted by Gasteiger charge is 2.22. The number of hydrogen-bond donors (Lipinski definition) is 1. The number of amides is 1. The lowest BCUT2D eigenvalue weighted by Gasteiger charge is -2.11. The summed E-state index contributed by atoms with van der Waals surface area (Å²) in [4.78, 5) is 24.4.